The lowest BCUT2D eigenvalue weighted by molar-refractivity contribution is 0.00576. The molecule has 1 fully saturated rings. The molecule has 2 heterocycles. The van der Waals surface area contributed by atoms with Gasteiger partial charge in [0.25, 0.3) is 0 Å². The van der Waals surface area contributed by atoms with Crippen LogP contribution in [0.1, 0.15) is 59.6 Å². The van der Waals surface area contributed by atoms with Crippen molar-refractivity contribution in [3.63, 3.8) is 0 Å². The smallest absolute Gasteiger partial charge is 0.480 e. The SMILES string of the molecule is CN(C[C@@]1(c2ccccc2)Cc2c(cc(F)c(Cl)c2B2OC(C)(C)C(C)(C)O2)O1)C(=O)OC(C)(C)C. The molecule has 0 aromatic heterocycles. The molecule has 0 saturated carbocycles. The van der Waals surface area contributed by atoms with E-state index in [9.17, 15) is 4.79 Å². The Hall–Kier alpha value is -2.29. The highest BCUT2D eigenvalue weighted by molar-refractivity contribution is 6.66. The van der Waals surface area contributed by atoms with Crippen LogP contribution in [0, 0.1) is 5.82 Å². The predicted molar refractivity (Wildman–Crippen MR) is 138 cm³/mol. The average Bonchev–Trinajstić information content (AvgIpc) is 3.21. The Kier molecular flexibility index (Phi) is 6.64. The van der Waals surface area contributed by atoms with E-state index in [1.54, 1.807) is 7.05 Å². The maximum absolute atomic E-state index is 15.1. The van der Waals surface area contributed by atoms with Crippen LogP contribution in [0.4, 0.5) is 9.18 Å². The number of likely N-dealkylation sites (N-methyl/N-ethyl adjacent to an activating group) is 1. The minimum Gasteiger partial charge on any atom is -0.480 e. The molecule has 0 N–H and O–H groups in total. The molecule has 0 spiro atoms. The quantitative estimate of drug-likeness (QED) is 0.503. The molecule has 1 saturated heterocycles. The van der Waals surface area contributed by atoms with Crippen LogP contribution in [0.5, 0.6) is 5.75 Å². The summed E-state index contributed by atoms with van der Waals surface area (Å²) < 4.78 is 39.7. The molecule has 0 unspecified atom stereocenters. The first-order chi connectivity index (χ1) is 16.6. The fourth-order valence-corrected chi connectivity index (χ4v) is 4.80. The Morgan fingerprint density at radius 1 is 1.14 bits per heavy atom. The van der Waals surface area contributed by atoms with Gasteiger partial charge >= 0.3 is 13.2 Å². The molecule has 2 aliphatic rings. The third-order valence-corrected chi connectivity index (χ3v) is 7.46. The van der Waals surface area contributed by atoms with Gasteiger partial charge in [-0.25, -0.2) is 9.18 Å². The lowest BCUT2D eigenvalue weighted by Gasteiger charge is -2.34. The number of rotatable bonds is 4. The highest BCUT2D eigenvalue weighted by Gasteiger charge is 2.55. The van der Waals surface area contributed by atoms with Gasteiger partial charge in [0.15, 0.2) is 5.60 Å². The van der Waals surface area contributed by atoms with Crippen molar-refractivity contribution in [3.05, 3.63) is 58.4 Å². The number of benzene rings is 2. The number of halogens is 2. The summed E-state index contributed by atoms with van der Waals surface area (Å²) in [6.07, 6.45) is -0.147. The van der Waals surface area contributed by atoms with Crippen LogP contribution in [0.15, 0.2) is 36.4 Å². The Bertz CT molecular complexity index is 1150. The topological polar surface area (TPSA) is 57.2 Å². The zero-order chi connectivity index (χ0) is 26.7. The van der Waals surface area contributed by atoms with Crippen molar-refractivity contribution in [2.24, 2.45) is 0 Å². The third-order valence-electron chi connectivity index (χ3n) is 7.08. The van der Waals surface area contributed by atoms with E-state index in [1.165, 1.54) is 11.0 Å². The zero-order valence-electron chi connectivity index (χ0n) is 22.2. The molecule has 0 radical (unpaired) electrons. The summed E-state index contributed by atoms with van der Waals surface area (Å²) in [7, 11) is 0.791. The maximum atomic E-state index is 15.1. The van der Waals surface area contributed by atoms with Gasteiger partial charge < -0.3 is 23.7 Å². The minimum atomic E-state index is -0.995. The van der Waals surface area contributed by atoms with Crippen molar-refractivity contribution in [2.45, 2.75) is 77.3 Å². The summed E-state index contributed by atoms with van der Waals surface area (Å²) in [6, 6.07) is 10.9. The van der Waals surface area contributed by atoms with E-state index in [4.69, 9.17) is 30.4 Å². The van der Waals surface area contributed by atoms with E-state index in [2.05, 4.69) is 0 Å². The molecule has 2 aromatic rings. The summed E-state index contributed by atoms with van der Waals surface area (Å²) in [4.78, 5) is 14.3. The van der Waals surface area contributed by atoms with Crippen LogP contribution in [0.2, 0.25) is 5.02 Å². The fraction of sp³-hybridized carbons (Fsp3) is 0.519. The summed E-state index contributed by atoms with van der Waals surface area (Å²) in [5.74, 6) is -0.271. The number of hydrogen-bond acceptors (Lipinski definition) is 5. The van der Waals surface area contributed by atoms with Gasteiger partial charge in [-0.05, 0) is 54.0 Å². The molecule has 1 atom stereocenters. The molecule has 0 aliphatic carbocycles. The van der Waals surface area contributed by atoms with Crippen molar-refractivity contribution < 1.29 is 28.0 Å². The Morgan fingerprint density at radius 2 is 1.72 bits per heavy atom. The number of ether oxygens (including phenoxy) is 2. The lowest BCUT2D eigenvalue weighted by Crippen LogP contribution is -2.47. The van der Waals surface area contributed by atoms with Gasteiger partial charge in [0, 0.05) is 30.6 Å². The van der Waals surface area contributed by atoms with E-state index in [-0.39, 0.29) is 11.6 Å². The van der Waals surface area contributed by atoms with E-state index in [1.807, 2.05) is 78.8 Å². The van der Waals surface area contributed by atoms with Crippen molar-refractivity contribution in [1.82, 2.24) is 4.90 Å². The van der Waals surface area contributed by atoms with Crippen molar-refractivity contribution in [3.8, 4) is 5.75 Å². The number of carbonyl (C=O) groups is 1. The van der Waals surface area contributed by atoms with E-state index >= 15 is 4.39 Å². The van der Waals surface area contributed by atoms with E-state index in [0.717, 1.165) is 5.56 Å². The second kappa shape index (κ2) is 8.93. The maximum Gasteiger partial charge on any atom is 0.496 e. The van der Waals surface area contributed by atoms with Gasteiger partial charge in [-0.2, -0.15) is 0 Å². The monoisotopic (exact) mass is 517 g/mol. The average molecular weight is 518 g/mol. The first-order valence-electron chi connectivity index (χ1n) is 12.1. The van der Waals surface area contributed by atoms with Crippen LogP contribution >= 0.6 is 11.6 Å². The lowest BCUT2D eigenvalue weighted by atomic mass is 9.73. The summed E-state index contributed by atoms with van der Waals surface area (Å²) >= 11 is 6.54. The standard InChI is InChI=1S/C27H34BClFNO5/c1-24(2,3)34-23(32)31(8)16-27(17-12-10-9-11-13-17)15-18-20(33-27)14-19(30)22(29)21(18)28-35-25(4,5)26(6,7)36-28/h9-14H,15-16H2,1-8H3/t27-/m1/s1. The van der Waals surface area contributed by atoms with E-state index in [0.29, 0.717) is 23.2 Å². The third kappa shape index (κ3) is 4.83. The molecular formula is C27H34BClFNO5. The van der Waals surface area contributed by atoms with Crippen LogP contribution in [-0.2, 0) is 26.1 Å². The predicted octanol–water partition coefficient (Wildman–Crippen LogP) is 5.48. The zero-order valence-corrected chi connectivity index (χ0v) is 23.0. The molecule has 2 aromatic carbocycles. The first kappa shape index (κ1) is 26.8. The van der Waals surface area contributed by atoms with E-state index < -0.39 is 41.4 Å². The molecule has 194 valence electrons. The van der Waals surface area contributed by atoms with Crippen molar-refractivity contribution in [1.29, 1.82) is 0 Å². The molecule has 1 amide bonds. The van der Waals surface area contributed by atoms with Gasteiger partial charge in [0.2, 0.25) is 0 Å². The number of fused-ring (bicyclic) bond motifs is 1. The molecule has 36 heavy (non-hydrogen) atoms. The number of amides is 1. The second-order valence-corrected chi connectivity index (χ2v) is 12.0. The molecule has 4 rings (SSSR count). The van der Waals surface area contributed by atoms with Gasteiger partial charge in [-0.3, -0.25) is 0 Å². The fourth-order valence-electron chi connectivity index (χ4n) is 4.54. The van der Waals surface area contributed by atoms with Gasteiger partial charge in [-0.15, -0.1) is 0 Å². The minimum absolute atomic E-state index is 0.0554. The second-order valence-electron chi connectivity index (χ2n) is 11.6. The largest absolute Gasteiger partial charge is 0.496 e. The first-order valence-corrected chi connectivity index (χ1v) is 12.5. The normalized spacial score (nSPS) is 22.2. The highest BCUT2D eigenvalue weighted by Crippen LogP contribution is 2.45. The molecule has 9 heteroatoms. The van der Waals surface area contributed by atoms with Crippen LogP contribution in [-0.4, -0.2) is 48.5 Å². The van der Waals surface area contributed by atoms with Gasteiger partial charge in [0.1, 0.15) is 17.2 Å². The summed E-state index contributed by atoms with van der Waals surface area (Å²) in [5, 5.41) is -0.0554. The van der Waals surface area contributed by atoms with Crippen molar-refractivity contribution in [2.75, 3.05) is 13.6 Å². The Morgan fingerprint density at radius 3 is 2.28 bits per heavy atom. The molecule has 0 bridgehead atoms. The van der Waals surface area contributed by atoms with Crippen LogP contribution in [0.3, 0.4) is 0 Å². The highest BCUT2D eigenvalue weighted by atomic mass is 35.5. The number of carbonyl (C=O) groups excluding carboxylic acids is 1. The molecular weight excluding hydrogens is 484 g/mol. The Balaban J connectivity index is 1.77. The van der Waals surface area contributed by atoms with Gasteiger partial charge in [-0.1, -0.05) is 41.9 Å². The van der Waals surface area contributed by atoms with Crippen LogP contribution < -0.4 is 10.2 Å². The summed E-state index contributed by atoms with van der Waals surface area (Å²) in [5.41, 5.74) is -0.951. The molecule has 6 nitrogen and oxygen atoms in total. The van der Waals surface area contributed by atoms with Crippen molar-refractivity contribution >= 4 is 30.3 Å². The number of nitrogens with zero attached hydrogens (tertiary/aromatic N) is 1. The Labute approximate surface area is 218 Å². The van der Waals surface area contributed by atoms with Gasteiger partial charge in [0.05, 0.1) is 22.8 Å². The summed E-state index contributed by atoms with van der Waals surface area (Å²) in [6.45, 7) is 13.3. The number of hydrogen-bond donors (Lipinski definition) is 0. The van der Waals surface area contributed by atoms with Crippen LogP contribution in [0.25, 0.3) is 0 Å². The molecule has 2 aliphatic heterocycles.